The number of nitrogen functional groups attached to an aromatic ring is 2. The van der Waals surface area contributed by atoms with E-state index in [9.17, 15) is 18.8 Å². The topological polar surface area (TPSA) is 164 Å². The van der Waals surface area contributed by atoms with E-state index in [0.29, 0.717) is 26.2 Å². The van der Waals surface area contributed by atoms with Gasteiger partial charge in [0.2, 0.25) is 5.95 Å². The van der Waals surface area contributed by atoms with E-state index in [1.807, 2.05) is 6.07 Å². The van der Waals surface area contributed by atoms with Crippen LogP contribution in [0, 0.1) is 28.9 Å². The van der Waals surface area contributed by atoms with E-state index >= 15 is 0 Å². The molecule has 1 saturated heterocycles. The van der Waals surface area contributed by atoms with Crippen LogP contribution in [0.4, 0.5) is 26.4 Å². The first kappa shape index (κ1) is 21.8. The van der Waals surface area contributed by atoms with Gasteiger partial charge in [0.05, 0.1) is 6.04 Å². The Morgan fingerprint density at radius 1 is 1.15 bits per heavy atom. The van der Waals surface area contributed by atoms with Gasteiger partial charge >= 0.3 is 0 Å². The predicted octanol–water partition coefficient (Wildman–Crippen LogP) is 0.605. The van der Waals surface area contributed by atoms with Crippen molar-refractivity contribution in [3.63, 3.8) is 0 Å². The van der Waals surface area contributed by atoms with E-state index in [0.717, 1.165) is 25.0 Å². The number of hydrogen-bond donors (Lipinski definition) is 4. The van der Waals surface area contributed by atoms with Crippen LogP contribution < -0.4 is 32.7 Å². The standard InChI is InChI=1S/C21H22F2N10O/c22-12-3-4-13(23)16-14(12)20(34)33(32-7-5-27-6-8-32)19(29-16)15(10-1-2-10)28-18-11(9-24)17(25)30-21(26)31-18/h3-4,10,15,27H,1-2,5-8H2,(H5,25,26,28,30,31). The Hall–Kier alpha value is -4.05. The molecule has 34 heavy (non-hydrogen) atoms. The zero-order valence-electron chi connectivity index (χ0n) is 18.1. The van der Waals surface area contributed by atoms with Crippen LogP contribution in [-0.4, -0.2) is 45.8 Å². The summed E-state index contributed by atoms with van der Waals surface area (Å²) in [5.74, 6) is -1.57. The lowest BCUT2D eigenvalue weighted by Gasteiger charge is -2.34. The zero-order chi connectivity index (χ0) is 24.0. The van der Waals surface area contributed by atoms with Gasteiger partial charge in [-0.05, 0) is 30.9 Å². The van der Waals surface area contributed by atoms with Gasteiger partial charge in [0.25, 0.3) is 5.56 Å². The third-order valence-electron chi connectivity index (χ3n) is 6.03. The van der Waals surface area contributed by atoms with Crippen LogP contribution in [0.2, 0.25) is 0 Å². The summed E-state index contributed by atoms with van der Waals surface area (Å²) in [6.07, 6.45) is 1.60. The minimum atomic E-state index is -0.844. The number of nitrogens with two attached hydrogens (primary N) is 2. The first-order chi connectivity index (χ1) is 16.4. The van der Waals surface area contributed by atoms with Crippen molar-refractivity contribution >= 4 is 28.5 Å². The molecule has 1 unspecified atom stereocenters. The number of rotatable bonds is 5. The smallest absolute Gasteiger partial charge is 0.283 e. The summed E-state index contributed by atoms with van der Waals surface area (Å²) < 4.78 is 30.7. The molecule has 3 aromatic rings. The van der Waals surface area contributed by atoms with E-state index in [1.54, 1.807) is 5.01 Å². The number of benzene rings is 1. The van der Waals surface area contributed by atoms with Crippen LogP contribution >= 0.6 is 0 Å². The Balaban J connectivity index is 1.73. The molecule has 1 aliphatic carbocycles. The van der Waals surface area contributed by atoms with Crippen molar-refractivity contribution in [3.05, 3.63) is 45.5 Å². The number of fused-ring (bicyclic) bond motifs is 1. The highest BCUT2D eigenvalue weighted by molar-refractivity contribution is 5.79. The quantitative estimate of drug-likeness (QED) is 0.417. The number of anilines is 3. The van der Waals surface area contributed by atoms with Gasteiger partial charge in [-0.1, -0.05) is 0 Å². The van der Waals surface area contributed by atoms with Gasteiger partial charge in [0.15, 0.2) is 11.6 Å². The van der Waals surface area contributed by atoms with Crippen LogP contribution in [0.1, 0.15) is 30.3 Å². The molecule has 1 atom stereocenters. The Kier molecular flexibility index (Phi) is 5.37. The molecular formula is C21H22F2N10O. The second-order valence-corrected chi connectivity index (χ2v) is 8.31. The maximum atomic E-state index is 14.7. The first-order valence-electron chi connectivity index (χ1n) is 10.8. The maximum absolute atomic E-state index is 14.7. The number of aromatic nitrogens is 4. The Morgan fingerprint density at radius 2 is 1.85 bits per heavy atom. The summed E-state index contributed by atoms with van der Waals surface area (Å²) in [5, 5.41) is 17.3. The van der Waals surface area contributed by atoms with Crippen molar-refractivity contribution in [3.8, 4) is 6.07 Å². The fourth-order valence-corrected chi connectivity index (χ4v) is 4.23. The van der Waals surface area contributed by atoms with Crippen LogP contribution in [0.25, 0.3) is 10.9 Å². The Labute approximate surface area is 192 Å². The first-order valence-corrected chi connectivity index (χ1v) is 10.8. The molecule has 1 aromatic carbocycles. The third kappa shape index (κ3) is 3.71. The highest BCUT2D eigenvalue weighted by atomic mass is 19.1. The SMILES string of the molecule is N#Cc1c(N)nc(N)nc1NC(c1nc2c(F)ccc(F)c2c(=O)n1N1CCNCC1)C1CC1. The molecule has 11 nitrogen and oxygen atoms in total. The molecule has 5 rings (SSSR count). The second-order valence-electron chi connectivity index (χ2n) is 8.31. The molecule has 0 spiro atoms. The number of nitrogens with zero attached hydrogens (tertiary/aromatic N) is 6. The molecule has 176 valence electrons. The van der Waals surface area contributed by atoms with Crippen molar-refractivity contribution in [2.24, 2.45) is 5.92 Å². The summed E-state index contributed by atoms with van der Waals surface area (Å²) in [6.45, 7) is 2.14. The molecule has 0 bridgehead atoms. The third-order valence-corrected chi connectivity index (χ3v) is 6.03. The van der Waals surface area contributed by atoms with Gasteiger partial charge in [-0.25, -0.2) is 18.4 Å². The lowest BCUT2D eigenvalue weighted by molar-refractivity contribution is 0.448. The van der Waals surface area contributed by atoms with E-state index in [1.165, 1.54) is 4.68 Å². The van der Waals surface area contributed by atoms with E-state index in [2.05, 4.69) is 25.6 Å². The fraction of sp³-hybridized carbons (Fsp3) is 0.381. The molecule has 13 heteroatoms. The number of nitriles is 1. The average molecular weight is 468 g/mol. The molecule has 2 aromatic heterocycles. The molecule has 0 amide bonds. The lowest BCUT2D eigenvalue weighted by atomic mass is 10.1. The fourth-order valence-electron chi connectivity index (χ4n) is 4.23. The molecule has 3 heterocycles. The monoisotopic (exact) mass is 468 g/mol. The van der Waals surface area contributed by atoms with Gasteiger partial charge in [0.1, 0.15) is 40.0 Å². The summed E-state index contributed by atoms with van der Waals surface area (Å²) in [5.41, 5.74) is 10.5. The molecule has 1 saturated carbocycles. The molecule has 1 aliphatic heterocycles. The van der Waals surface area contributed by atoms with E-state index in [4.69, 9.17) is 11.5 Å². The van der Waals surface area contributed by atoms with Gasteiger partial charge < -0.3 is 27.1 Å². The van der Waals surface area contributed by atoms with Crippen LogP contribution in [-0.2, 0) is 0 Å². The summed E-state index contributed by atoms with van der Waals surface area (Å²) >= 11 is 0. The van der Waals surface area contributed by atoms with Crippen LogP contribution in [0.3, 0.4) is 0 Å². The summed E-state index contributed by atoms with van der Waals surface area (Å²) in [4.78, 5) is 26.0. The summed E-state index contributed by atoms with van der Waals surface area (Å²) in [6, 6.07) is 3.18. The van der Waals surface area contributed by atoms with Gasteiger partial charge in [-0.2, -0.15) is 15.2 Å². The largest absolute Gasteiger partial charge is 0.382 e. The van der Waals surface area contributed by atoms with Crippen molar-refractivity contribution in [1.29, 1.82) is 5.26 Å². The second kappa shape index (κ2) is 8.38. The minimum Gasteiger partial charge on any atom is -0.382 e. The Morgan fingerprint density at radius 3 is 2.53 bits per heavy atom. The van der Waals surface area contributed by atoms with Gasteiger partial charge in [-0.15, -0.1) is 0 Å². The lowest BCUT2D eigenvalue weighted by Crippen LogP contribution is -2.54. The number of halogens is 2. The van der Waals surface area contributed by atoms with Gasteiger partial charge in [-0.3, -0.25) is 4.79 Å². The highest BCUT2D eigenvalue weighted by Crippen LogP contribution is 2.43. The van der Waals surface area contributed by atoms with Gasteiger partial charge in [0, 0.05) is 26.2 Å². The van der Waals surface area contributed by atoms with Crippen molar-refractivity contribution in [1.82, 2.24) is 24.9 Å². The maximum Gasteiger partial charge on any atom is 0.283 e. The average Bonchev–Trinajstić information content (AvgIpc) is 3.65. The van der Waals surface area contributed by atoms with Crippen LogP contribution in [0.5, 0.6) is 0 Å². The molecule has 2 aliphatic rings. The number of piperazine rings is 1. The number of hydrogen-bond acceptors (Lipinski definition) is 10. The van der Waals surface area contributed by atoms with Crippen LogP contribution in [0.15, 0.2) is 16.9 Å². The van der Waals surface area contributed by atoms with E-state index < -0.39 is 28.6 Å². The van der Waals surface area contributed by atoms with Crippen molar-refractivity contribution < 1.29 is 8.78 Å². The predicted molar refractivity (Wildman–Crippen MR) is 121 cm³/mol. The molecular weight excluding hydrogens is 446 g/mol. The van der Waals surface area contributed by atoms with E-state index in [-0.39, 0.29) is 40.4 Å². The summed E-state index contributed by atoms with van der Waals surface area (Å²) in [7, 11) is 0. The normalized spacial score (nSPS) is 16.9. The van der Waals surface area contributed by atoms with Crippen molar-refractivity contribution in [2.45, 2.75) is 18.9 Å². The Bertz CT molecular complexity index is 1370. The molecule has 2 fully saturated rings. The van der Waals surface area contributed by atoms with Crippen molar-refractivity contribution in [2.75, 3.05) is 48.0 Å². The number of nitrogens with one attached hydrogen (secondary N) is 2. The zero-order valence-corrected chi connectivity index (χ0v) is 18.1. The highest BCUT2D eigenvalue weighted by Gasteiger charge is 2.38. The minimum absolute atomic E-state index is 0.00562. The molecule has 6 N–H and O–H groups in total. The molecule has 0 radical (unpaired) electrons.